The monoisotopic (exact) mass is 484 g/mol. The highest BCUT2D eigenvalue weighted by Gasteiger charge is 2.26. The van der Waals surface area contributed by atoms with Crippen LogP contribution >= 0.6 is 36.2 Å². The van der Waals surface area contributed by atoms with Crippen molar-refractivity contribution in [2.24, 2.45) is 5.73 Å². The Morgan fingerprint density at radius 2 is 1.87 bits per heavy atom. The number of fused-ring (bicyclic) bond motifs is 1. The number of hydrogen-bond donors (Lipinski definition) is 2. The molecule has 1 aliphatic heterocycles. The molecular weight excluding hydrogens is 462 g/mol. The van der Waals surface area contributed by atoms with Gasteiger partial charge in [0.25, 0.3) is 5.91 Å². The molecular formula is C21H23Cl2FN4O2S. The van der Waals surface area contributed by atoms with Gasteiger partial charge in [0.2, 0.25) is 0 Å². The molecule has 2 aromatic carbocycles. The number of nitrogens with zero attached hydrogens (tertiary/aromatic N) is 2. The van der Waals surface area contributed by atoms with Crippen LogP contribution in [0, 0.1) is 5.82 Å². The molecule has 0 saturated carbocycles. The summed E-state index contributed by atoms with van der Waals surface area (Å²) < 4.78 is 20.2. The van der Waals surface area contributed by atoms with E-state index < -0.39 is 5.82 Å². The average molecular weight is 485 g/mol. The zero-order chi connectivity index (χ0) is 20.4. The molecule has 2 heterocycles. The summed E-state index contributed by atoms with van der Waals surface area (Å²) in [5, 5.41) is 0.489. The third-order valence-corrected chi connectivity index (χ3v) is 5.71. The van der Waals surface area contributed by atoms with Gasteiger partial charge in [-0.1, -0.05) is 12.1 Å². The lowest BCUT2D eigenvalue weighted by Gasteiger charge is -2.26. The number of thiazole rings is 1. The molecule has 1 aliphatic rings. The van der Waals surface area contributed by atoms with E-state index in [2.05, 4.69) is 4.98 Å². The Labute approximate surface area is 196 Å². The Bertz CT molecular complexity index is 1050. The van der Waals surface area contributed by atoms with E-state index in [9.17, 15) is 9.18 Å². The zero-order valence-electron chi connectivity index (χ0n) is 16.5. The summed E-state index contributed by atoms with van der Waals surface area (Å²) in [7, 11) is 0. The summed E-state index contributed by atoms with van der Waals surface area (Å²) in [6.07, 6.45) is 1.40. The van der Waals surface area contributed by atoms with Gasteiger partial charge in [-0.15, -0.1) is 36.2 Å². The first kappa shape index (κ1) is 24.9. The quantitative estimate of drug-likeness (QED) is 0.565. The number of carbonyl (C=O) groups excluding carboxylic acids is 1. The number of rotatable bonds is 5. The molecule has 0 aliphatic carbocycles. The molecule has 166 valence electrons. The Kier molecular flexibility index (Phi) is 8.64. The molecule has 1 amide bonds. The van der Waals surface area contributed by atoms with E-state index in [4.69, 9.17) is 16.2 Å². The SMILES string of the molecule is Cl.Cl.NCCc1ccc(Oc2ccc(F)c(C(=O)N3CCc4nc(N)sc4C3)c2)cc1. The predicted octanol–water partition coefficient (Wildman–Crippen LogP) is 4.20. The van der Waals surface area contributed by atoms with Crippen LogP contribution in [-0.2, 0) is 19.4 Å². The predicted molar refractivity (Wildman–Crippen MR) is 125 cm³/mol. The van der Waals surface area contributed by atoms with Crippen molar-refractivity contribution >= 4 is 47.2 Å². The maximum Gasteiger partial charge on any atom is 0.257 e. The lowest BCUT2D eigenvalue weighted by molar-refractivity contribution is 0.0731. The van der Waals surface area contributed by atoms with Gasteiger partial charge in [-0.3, -0.25) is 4.79 Å². The zero-order valence-corrected chi connectivity index (χ0v) is 19.0. The van der Waals surface area contributed by atoms with E-state index in [0.717, 1.165) is 22.6 Å². The van der Waals surface area contributed by atoms with Crippen molar-refractivity contribution in [3.63, 3.8) is 0 Å². The van der Waals surface area contributed by atoms with Crippen LogP contribution < -0.4 is 16.2 Å². The molecule has 6 nitrogen and oxygen atoms in total. The highest BCUT2D eigenvalue weighted by atomic mass is 35.5. The van der Waals surface area contributed by atoms with Gasteiger partial charge in [0, 0.05) is 17.8 Å². The normalized spacial score (nSPS) is 12.4. The number of halogens is 3. The molecule has 3 aromatic rings. The minimum Gasteiger partial charge on any atom is -0.457 e. The van der Waals surface area contributed by atoms with Crippen LogP contribution in [0.15, 0.2) is 42.5 Å². The molecule has 0 fully saturated rings. The fourth-order valence-corrected chi connectivity index (χ4v) is 4.21. The van der Waals surface area contributed by atoms with Gasteiger partial charge in [-0.2, -0.15) is 0 Å². The molecule has 0 saturated heterocycles. The van der Waals surface area contributed by atoms with E-state index in [1.807, 2.05) is 24.3 Å². The van der Waals surface area contributed by atoms with Crippen LogP contribution in [0.1, 0.15) is 26.5 Å². The lowest BCUT2D eigenvalue weighted by atomic mass is 10.1. The number of aromatic nitrogens is 1. The molecule has 0 unspecified atom stereocenters. The minimum atomic E-state index is -0.574. The van der Waals surface area contributed by atoms with Gasteiger partial charge in [-0.25, -0.2) is 9.37 Å². The number of benzene rings is 2. The van der Waals surface area contributed by atoms with Gasteiger partial charge >= 0.3 is 0 Å². The standard InChI is InChI=1S/C21H21FN4O2S.2ClH/c22-17-6-5-15(28-14-3-1-13(2-4-14)7-9-23)11-16(17)20(27)26-10-8-18-19(12-26)29-21(24)25-18;;/h1-6,11H,7-10,12,23H2,(H2,24,25);2*1H. The van der Waals surface area contributed by atoms with Gasteiger partial charge < -0.3 is 21.1 Å². The highest BCUT2D eigenvalue weighted by molar-refractivity contribution is 7.15. The van der Waals surface area contributed by atoms with Gasteiger partial charge in [-0.05, 0) is 48.9 Å². The van der Waals surface area contributed by atoms with Crippen LogP contribution in [0.4, 0.5) is 9.52 Å². The van der Waals surface area contributed by atoms with Crippen LogP contribution in [0.3, 0.4) is 0 Å². The van der Waals surface area contributed by atoms with Crippen molar-refractivity contribution in [3.8, 4) is 11.5 Å². The topological polar surface area (TPSA) is 94.5 Å². The molecule has 4 N–H and O–H groups in total. The Balaban J connectivity index is 0.00000171. The van der Waals surface area contributed by atoms with Crippen LogP contribution in [0.25, 0.3) is 0 Å². The lowest BCUT2D eigenvalue weighted by Crippen LogP contribution is -2.36. The maximum absolute atomic E-state index is 14.4. The second-order valence-electron chi connectivity index (χ2n) is 6.83. The summed E-state index contributed by atoms with van der Waals surface area (Å²) in [5.41, 5.74) is 13.3. The van der Waals surface area contributed by atoms with Crippen LogP contribution in [-0.4, -0.2) is 28.9 Å². The van der Waals surface area contributed by atoms with Crippen molar-refractivity contribution in [2.45, 2.75) is 19.4 Å². The van der Waals surface area contributed by atoms with Crippen molar-refractivity contribution < 1.29 is 13.9 Å². The largest absolute Gasteiger partial charge is 0.457 e. The Hall–Kier alpha value is -2.39. The summed E-state index contributed by atoms with van der Waals surface area (Å²) in [6.45, 7) is 1.44. The minimum absolute atomic E-state index is 0. The third-order valence-electron chi connectivity index (χ3n) is 4.80. The number of amides is 1. The Morgan fingerprint density at radius 3 is 2.58 bits per heavy atom. The first-order chi connectivity index (χ1) is 14.0. The van der Waals surface area contributed by atoms with E-state index >= 15 is 0 Å². The fraction of sp³-hybridized carbons (Fsp3) is 0.238. The molecule has 31 heavy (non-hydrogen) atoms. The number of anilines is 1. The molecule has 4 rings (SSSR count). The van der Waals surface area contributed by atoms with Crippen LogP contribution in [0.5, 0.6) is 11.5 Å². The number of nitrogen functional groups attached to an aromatic ring is 1. The van der Waals surface area contributed by atoms with Crippen molar-refractivity contribution in [2.75, 3.05) is 18.8 Å². The summed E-state index contributed by atoms with van der Waals surface area (Å²) in [4.78, 5) is 19.8. The van der Waals surface area contributed by atoms with E-state index in [1.165, 1.54) is 29.5 Å². The van der Waals surface area contributed by atoms with Crippen molar-refractivity contribution in [1.29, 1.82) is 0 Å². The smallest absolute Gasteiger partial charge is 0.257 e. The second-order valence-corrected chi connectivity index (χ2v) is 7.94. The Morgan fingerprint density at radius 1 is 1.16 bits per heavy atom. The fourth-order valence-electron chi connectivity index (χ4n) is 3.32. The maximum atomic E-state index is 14.4. The average Bonchev–Trinajstić information content (AvgIpc) is 3.10. The first-order valence-electron chi connectivity index (χ1n) is 9.33. The molecule has 0 bridgehead atoms. The third kappa shape index (κ3) is 5.65. The summed E-state index contributed by atoms with van der Waals surface area (Å²) in [6, 6.07) is 11.7. The second kappa shape index (κ2) is 10.8. The molecule has 0 spiro atoms. The molecule has 10 heteroatoms. The van der Waals surface area contributed by atoms with E-state index in [0.29, 0.717) is 42.7 Å². The molecule has 0 radical (unpaired) electrons. The van der Waals surface area contributed by atoms with Gasteiger partial charge in [0.15, 0.2) is 5.13 Å². The molecule has 0 atom stereocenters. The number of carbonyl (C=O) groups is 1. The van der Waals surface area contributed by atoms with Gasteiger partial charge in [0.1, 0.15) is 17.3 Å². The van der Waals surface area contributed by atoms with Crippen LogP contribution in [0.2, 0.25) is 0 Å². The first-order valence-corrected chi connectivity index (χ1v) is 10.1. The summed E-state index contributed by atoms with van der Waals surface area (Å²) in [5.74, 6) is 0.0683. The van der Waals surface area contributed by atoms with Gasteiger partial charge in [0.05, 0.1) is 17.8 Å². The van der Waals surface area contributed by atoms with E-state index in [-0.39, 0.29) is 36.3 Å². The highest BCUT2D eigenvalue weighted by Crippen LogP contribution is 2.29. The number of hydrogen-bond acceptors (Lipinski definition) is 6. The number of nitrogens with two attached hydrogens (primary N) is 2. The molecule has 1 aromatic heterocycles. The number of ether oxygens (including phenoxy) is 1. The van der Waals surface area contributed by atoms with E-state index in [1.54, 1.807) is 4.90 Å². The summed E-state index contributed by atoms with van der Waals surface area (Å²) >= 11 is 1.37. The van der Waals surface area contributed by atoms with Crippen molar-refractivity contribution in [3.05, 3.63) is 70.0 Å². The van der Waals surface area contributed by atoms with Crippen molar-refractivity contribution in [1.82, 2.24) is 9.88 Å².